The third-order valence-electron chi connectivity index (χ3n) is 4.44. The van der Waals surface area contributed by atoms with Crippen LogP contribution in [0.2, 0.25) is 0 Å². The molecular formula is C20H27NO4. The van der Waals surface area contributed by atoms with Crippen molar-refractivity contribution in [1.29, 1.82) is 0 Å². The summed E-state index contributed by atoms with van der Waals surface area (Å²) in [6.07, 6.45) is 7.07. The molecule has 0 bridgehead atoms. The SMILES string of the molecule is CCOC(=O)[C@H](CC/C=C\c1ccccc1)N1CCC[C@@H]1C(=O)OC. The van der Waals surface area contributed by atoms with Crippen molar-refractivity contribution in [2.24, 2.45) is 0 Å². The van der Waals surface area contributed by atoms with E-state index in [4.69, 9.17) is 9.47 Å². The molecule has 2 atom stereocenters. The first-order chi connectivity index (χ1) is 12.2. The quantitative estimate of drug-likeness (QED) is 0.678. The van der Waals surface area contributed by atoms with Crippen molar-refractivity contribution in [3.63, 3.8) is 0 Å². The second-order valence-electron chi connectivity index (χ2n) is 6.08. The summed E-state index contributed by atoms with van der Waals surface area (Å²) < 4.78 is 10.1. The molecule has 1 aliphatic heterocycles. The van der Waals surface area contributed by atoms with Crippen LogP contribution in [-0.4, -0.2) is 49.2 Å². The number of carbonyl (C=O) groups is 2. The summed E-state index contributed by atoms with van der Waals surface area (Å²) in [5, 5.41) is 0. The molecule has 0 amide bonds. The molecule has 1 heterocycles. The summed E-state index contributed by atoms with van der Waals surface area (Å²) in [5.41, 5.74) is 1.13. The van der Waals surface area contributed by atoms with Crippen LogP contribution in [0.3, 0.4) is 0 Å². The maximum Gasteiger partial charge on any atom is 0.323 e. The van der Waals surface area contributed by atoms with Gasteiger partial charge < -0.3 is 9.47 Å². The van der Waals surface area contributed by atoms with Crippen LogP contribution in [0.15, 0.2) is 36.4 Å². The molecule has 136 valence electrons. The standard InChI is InChI=1S/C20H27NO4/c1-3-25-20(23)18(21-15-9-14-17(21)19(22)24-2)13-8-7-12-16-10-5-4-6-11-16/h4-7,10-12,17-18H,3,8-9,13-15H2,1-2H3/b12-7-/t17-,18+/m1/s1. The fraction of sp³-hybridized carbons (Fsp3) is 0.500. The molecule has 1 saturated heterocycles. The van der Waals surface area contributed by atoms with Crippen LogP contribution in [0.25, 0.3) is 6.08 Å². The number of methoxy groups -OCH3 is 1. The molecule has 25 heavy (non-hydrogen) atoms. The molecule has 1 aromatic carbocycles. The van der Waals surface area contributed by atoms with Gasteiger partial charge in [-0.25, -0.2) is 0 Å². The van der Waals surface area contributed by atoms with Gasteiger partial charge in [0.2, 0.25) is 0 Å². The molecule has 0 unspecified atom stereocenters. The normalized spacial score (nSPS) is 19.0. The van der Waals surface area contributed by atoms with Crippen LogP contribution < -0.4 is 0 Å². The molecule has 0 spiro atoms. The molecule has 1 aliphatic rings. The Labute approximate surface area is 149 Å². The largest absolute Gasteiger partial charge is 0.468 e. The van der Waals surface area contributed by atoms with Gasteiger partial charge >= 0.3 is 11.9 Å². The highest BCUT2D eigenvalue weighted by Crippen LogP contribution is 2.24. The Morgan fingerprint density at radius 3 is 2.76 bits per heavy atom. The molecule has 0 N–H and O–H groups in total. The average Bonchev–Trinajstić information content (AvgIpc) is 3.11. The van der Waals surface area contributed by atoms with Crippen LogP contribution in [0.5, 0.6) is 0 Å². The van der Waals surface area contributed by atoms with E-state index in [1.54, 1.807) is 6.92 Å². The number of allylic oxidation sites excluding steroid dienone is 1. The van der Waals surface area contributed by atoms with E-state index in [-0.39, 0.29) is 18.0 Å². The lowest BCUT2D eigenvalue weighted by Crippen LogP contribution is -2.48. The molecule has 5 heteroatoms. The Morgan fingerprint density at radius 1 is 1.32 bits per heavy atom. The highest BCUT2D eigenvalue weighted by atomic mass is 16.5. The number of benzene rings is 1. The Balaban J connectivity index is 2.01. The van der Waals surface area contributed by atoms with E-state index in [9.17, 15) is 9.59 Å². The average molecular weight is 345 g/mol. The number of likely N-dealkylation sites (tertiary alicyclic amines) is 1. The lowest BCUT2D eigenvalue weighted by molar-refractivity contribution is -0.154. The Kier molecular flexibility index (Phi) is 7.67. The van der Waals surface area contributed by atoms with Crippen LogP contribution in [0.4, 0.5) is 0 Å². The molecule has 1 aromatic rings. The van der Waals surface area contributed by atoms with E-state index in [0.717, 1.165) is 24.8 Å². The smallest absolute Gasteiger partial charge is 0.323 e. The van der Waals surface area contributed by atoms with E-state index in [1.165, 1.54) is 7.11 Å². The first-order valence-electron chi connectivity index (χ1n) is 8.89. The van der Waals surface area contributed by atoms with Crippen molar-refractivity contribution >= 4 is 18.0 Å². The van der Waals surface area contributed by atoms with Crippen LogP contribution in [0, 0.1) is 0 Å². The van der Waals surface area contributed by atoms with E-state index < -0.39 is 6.04 Å². The topological polar surface area (TPSA) is 55.8 Å². The number of esters is 2. The summed E-state index contributed by atoms with van der Waals surface area (Å²) in [6, 6.07) is 9.28. The lowest BCUT2D eigenvalue weighted by Gasteiger charge is -2.29. The molecule has 0 saturated carbocycles. The van der Waals surface area contributed by atoms with Gasteiger partial charge in [0.1, 0.15) is 12.1 Å². The van der Waals surface area contributed by atoms with Gasteiger partial charge in [0.15, 0.2) is 0 Å². The fourth-order valence-corrected chi connectivity index (χ4v) is 3.25. The number of rotatable bonds is 8. The summed E-state index contributed by atoms with van der Waals surface area (Å²) in [5.74, 6) is -0.530. The van der Waals surface area contributed by atoms with Gasteiger partial charge in [0, 0.05) is 0 Å². The van der Waals surface area contributed by atoms with Crippen LogP contribution >= 0.6 is 0 Å². The van der Waals surface area contributed by atoms with Crippen molar-refractivity contribution in [3.05, 3.63) is 42.0 Å². The van der Waals surface area contributed by atoms with E-state index >= 15 is 0 Å². The number of carbonyl (C=O) groups excluding carboxylic acids is 2. The number of hydrogen-bond donors (Lipinski definition) is 0. The van der Waals surface area contributed by atoms with E-state index in [0.29, 0.717) is 19.6 Å². The molecule has 2 rings (SSSR count). The minimum atomic E-state index is -0.410. The first-order valence-corrected chi connectivity index (χ1v) is 8.89. The number of nitrogens with zero attached hydrogens (tertiary/aromatic N) is 1. The predicted molar refractivity (Wildman–Crippen MR) is 96.9 cm³/mol. The van der Waals surface area contributed by atoms with Crippen LogP contribution in [-0.2, 0) is 19.1 Å². The third-order valence-corrected chi connectivity index (χ3v) is 4.44. The zero-order chi connectivity index (χ0) is 18.1. The highest BCUT2D eigenvalue weighted by Gasteiger charge is 2.39. The molecule has 1 fully saturated rings. The van der Waals surface area contributed by atoms with Crippen molar-refractivity contribution in [2.45, 2.75) is 44.7 Å². The molecule has 0 radical (unpaired) electrons. The van der Waals surface area contributed by atoms with E-state index in [1.807, 2.05) is 41.3 Å². The highest BCUT2D eigenvalue weighted by molar-refractivity contribution is 5.80. The first kappa shape index (κ1) is 19.2. The van der Waals surface area contributed by atoms with Gasteiger partial charge in [-0.2, -0.15) is 0 Å². The Bertz CT molecular complexity index is 585. The van der Waals surface area contributed by atoms with Gasteiger partial charge in [0.05, 0.1) is 13.7 Å². The van der Waals surface area contributed by atoms with Gasteiger partial charge in [0.25, 0.3) is 0 Å². The second-order valence-corrected chi connectivity index (χ2v) is 6.08. The van der Waals surface area contributed by atoms with Gasteiger partial charge in [-0.15, -0.1) is 0 Å². The zero-order valence-electron chi connectivity index (χ0n) is 15.0. The van der Waals surface area contributed by atoms with Crippen molar-refractivity contribution in [1.82, 2.24) is 4.90 Å². The third kappa shape index (κ3) is 5.43. The van der Waals surface area contributed by atoms with Gasteiger partial charge in [-0.3, -0.25) is 14.5 Å². The molecule has 5 nitrogen and oxygen atoms in total. The molecule has 0 aliphatic carbocycles. The van der Waals surface area contributed by atoms with Crippen molar-refractivity contribution in [3.8, 4) is 0 Å². The van der Waals surface area contributed by atoms with Crippen molar-refractivity contribution in [2.75, 3.05) is 20.3 Å². The maximum absolute atomic E-state index is 12.4. The summed E-state index contributed by atoms with van der Waals surface area (Å²) in [7, 11) is 1.39. The number of ether oxygens (including phenoxy) is 2. The molecular weight excluding hydrogens is 318 g/mol. The summed E-state index contributed by atoms with van der Waals surface area (Å²) in [6.45, 7) is 2.85. The Hall–Kier alpha value is -2.14. The second kappa shape index (κ2) is 9.99. The lowest BCUT2D eigenvalue weighted by atomic mass is 10.1. The van der Waals surface area contributed by atoms with Gasteiger partial charge in [-0.1, -0.05) is 42.5 Å². The molecule has 0 aromatic heterocycles. The summed E-state index contributed by atoms with van der Waals surface area (Å²) >= 11 is 0. The zero-order valence-corrected chi connectivity index (χ0v) is 15.0. The fourth-order valence-electron chi connectivity index (χ4n) is 3.25. The minimum absolute atomic E-state index is 0.258. The number of hydrogen-bond acceptors (Lipinski definition) is 5. The van der Waals surface area contributed by atoms with E-state index in [2.05, 4.69) is 6.08 Å². The monoisotopic (exact) mass is 345 g/mol. The van der Waals surface area contributed by atoms with Crippen molar-refractivity contribution < 1.29 is 19.1 Å². The minimum Gasteiger partial charge on any atom is -0.468 e. The van der Waals surface area contributed by atoms with Gasteiger partial charge in [-0.05, 0) is 44.7 Å². The Morgan fingerprint density at radius 2 is 2.08 bits per heavy atom. The summed E-state index contributed by atoms with van der Waals surface area (Å²) in [4.78, 5) is 26.3. The predicted octanol–water partition coefficient (Wildman–Crippen LogP) is 3.05. The maximum atomic E-state index is 12.4. The van der Waals surface area contributed by atoms with Crippen LogP contribution in [0.1, 0.15) is 38.2 Å².